The van der Waals surface area contributed by atoms with Crippen molar-refractivity contribution in [2.45, 2.75) is 13.0 Å². The van der Waals surface area contributed by atoms with Crippen molar-refractivity contribution >= 4 is 23.3 Å². The number of carbonyl (C=O) groups excluding carboxylic acids is 1. The molecule has 0 aliphatic rings. The molecular weight excluding hydrogens is 270 g/mol. The fourth-order valence-electron chi connectivity index (χ4n) is 1.45. The SMILES string of the molecule is CNc1cc(C(=O)NC(C)c2nn[nH]n2)cc(Cl)n1. The molecule has 8 nitrogen and oxygen atoms in total. The van der Waals surface area contributed by atoms with Crippen LogP contribution in [0.5, 0.6) is 0 Å². The van der Waals surface area contributed by atoms with Crippen molar-refractivity contribution in [1.29, 1.82) is 0 Å². The van der Waals surface area contributed by atoms with Gasteiger partial charge in [0.25, 0.3) is 5.91 Å². The number of hydrogen-bond donors (Lipinski definition) is 3. The summed E-state index contributed by atoms with van der Waals surface area (Å²) in [7, 11) is 1.70. The lowest BCUT2D eigenvalue weighted by Crippen LogP contribution is -2.27. The number of rotatable bonds is 4. The molecule has 2 rings (SSSR count). The van der Waals surface area contributed by atoms with Gasteiger partial charge in [0, 0.05) is 12.6 Å². The van der Waals surface area contributed by atoms with E-state index in [2.05, 4.69) is 36.2 Å². The Morgan fingerprint density at radius 3 is 2.89 bits per heavy atom. The van der Waals surface area contributed by atoms with Gasteiger partial charge < -0.3 is 10.6 Å². The third kappa shape index (κ3) is 3.16. The van der Waals surface area contributed by atoms with Crippen LogP contribution in [0.2, 0.25) is 5.15 Å². The zero-order valence-electron chi connectivity index (χ0n) is 10.3. The van der Waals surface area contributed by atoms with Crippen LogP contribution in [0.4, 0.5) is 5.82 Å². The Morgan fingerprint density at radius 2 is 2.26 bits per heavy atom. The van der Waals surface area contributed by atoms with E-state index in [-0.39, 0.29) is 17.1 Å². The maximum absolute atomic E-state index is 12.1. The number of nitrogens with zero attached hydrogens (tertiary/aromatic N) is 4. The van der Waals surface area contributed by atoms with E-state index in [0.29, 0.717) is 17.2 Å². The van der Waals surface area contributed by atoms with Crippen LogP contribution in [0, 0.1) is 0 Å². The summed E-state index contributed by atoms with van der Waals surface area (Å²) in [5.41, 5.74) is 0.402. The van der Waals surface area contributed by atoms with E-state index < -0.39 is 0 Å². The molecule has 0 saturated heterocycles. The van der Waals surface area contributed by atoms with Crippen LogP contribution < -0.4 is 10.6 Å². The quantitative estimate of drug-likeness (QED) is 0.715. The summed E-state index contributed by atoms with van der Waals surface area (Å²) in [5.74, 6) is 0.630. The van der Waals surface area contributed by atoms with Crippen LogP contribution >= 0.6 is 11.6 Å². The summed E-state index contributed by atoms with van der Waals surface area (Å²) >= 11 is 5.84. The minimum atomic E-state index is -0.365. The average Bonchev–Trinajstić information content (AvgIpc) is 2.91. The Labute approximate surface area is 114 Å². The Kier molecular flexibility index (Phi) is 3.91. The Hall–Kier alpha value is -2.22. The molecule has 0 spiro atoms. The highest BCUT2D eigenvalue weighted by Crippen LogP contribution is 2.15. The van der Waals surface area contributed by atoms with Gasteiger partial charge in [0.2, 0.25) is 0 Å². The second kappa shape index (κ2) is 5.61. The first-order chi connectivity index (χ1) is 9.10. The highest BCUT2D eigenvalue weighted by molar-refractivity contribution is 6.29. The van der Waals surface area contributed by atoms with Crippen molar-refractivity contribution in [3.63, 3.8) is 0 Å². The van der Waals surface area contributed by atoms with Crippen LogP contribution in [-0.2, 0) is 0 Å². The van der Waals surface area contributed by atoms with E-state index in [9.17, 15) is 4.79 Å². The van der Waals surface area contributed by atoms with Crippen molar-refractivity contribution in [2.24, 2.45) is 0 Å². The molecule has 19 heavy (non-hydrogen) atoms. The molecule has 1 atom stereocenters. The lowest BCUT2D eigenvalue weighted by molar-refractivity contribution is 0.0938. The molecule has 2 heterocycles. The van der Waals surface area contributed by atoms with E-state index in [1.165, 1.54) is 6.07 Å². The number of hydrogen-bond acceptors (Lipinski definition) is 6. The van der Waals surface area contributed by atoms with Crippen LogP contribution in [-0.4, -0.2) is 38.6 Å². The third-order valence-electron chi connectivity index (χ3n) is 2.41. The van der Waals surface area contributed by atoms with Gasteiger partial charge in [0.05, 0.1) is 6.04 Å². The number of H-pyrrole nitrogens is 1. The Morgan fingerprint density at radius 1 is 1.47 bits per heavy atom. The van der Waals surface area contributed by atoms with Crippen LogP contribution in [0.15, 0.2) is 12.1 Å². The number of nitrogens with one attached hydrogen (secondary N) is 3. The van der Waals surface area contributed by atoms with Crippen LogP contribution in [0.1, 0.15) is 29.1 Å². The average molecular weight is 282 g/mol. The van der Waals surface area contributed by atoms with E-state index in [1.807, 2.05) is 0 Å². The summed E-state index contributed by atoms with van der Waals surface area (Å²) in [4.78, 5) is 16.1. The number of halogens is 1. The van der Waals surface area contributed by atoms with Gasteiger partial charge >= 0.3 is 0 Å². The molecule has 0 saturated carbocycles. The molecule has 0 radical (unpaired) electrons. The van der Waals surface area contributed by atoms with Gasteiger partial charge in [0.1, 0.15) is 11.0 Å². The van der Waals surface area contributed by atoms with E-state index >= 15 is 0 Å². The van der Waals surface area contributed by atoms with Gasteiger partial charge in [-0.25, -0.2) is 4.98 Å². The highest BCUT2D eigenvalue weighted by atomic mass is 35.5. The molecule has 9 heteroatoms. The van der Waals surface area contributed by atoms with Crippen LogP contribution in [0.3, 0.4) is 0 Å². The van der Waals surface area contributed by atoms with Gasteiger partial charge in [0.15, 0.2) is 5.82 Å². The maximum atomic E-state index is 12.1. The van der Waals surface area contributed by atoms with Gasteiger partial charge in [-0.3, -0.25) is 4.79 Å². The first-order valence-corrected chi connectivity index (χ1v) is 5.87. The number of aromatic nitrogens is 5. The normalized spacial score (nSPS) is 11.9. The molecule has 1 amide bonds. The molecular formula is C10H12ClN7O. The number of aromatic amines is 1. The Bertz CT molecular complexity index is 571. The molecule has 0 fully saturated rings. The molecule has 3 N–H and O–H groups in total. The Balaban J connectivity index is 2.13. The predicted octanol–water partition coefficient (Wildman–Crippen LogP) is 0.781. The summed E-state index contributed by atoms with van der Waals surface area (Å²) in [6.07, 6.45) is 0. The number of tetrazole rings is 1. The van der Waals surface area contributed by atoms with E-state index in [4.69, 9.17) is 11.6 Å². The van der Waals surface area contributed by atoms with Crippen LogP contribution in [0.25, 0.3) is 0 Å². The van der Waals surface area contributed by atoms with Crippen molar-refractivity contribution < 1.29 is 4.79 Å². The van der Waals surface area contributed by atoms with Gasteiger partial charge in [-0.05, 0) is 19.1 Å². The molecule has 0 bridgehead atoms. The summed E-state index contributed by atoms with van der Waals surface area (Å²) in [5, 5.41) is 19.2. The number of anilines is 1. The minimum absolute atomic E-state index is 0.240. The number of amides is 1. The fraction of sp³-hybridized carbons (Fsp3) is 0.300. The molecule has 2 aromatic rings. The second-order valence-electron chi connectivity index (χ2n) is 3.78. The summed E-state index contributed by atoms with van der Waals surface area (Å²) < 4.78 is 0. The summed E-state index contributed by atoms with van der Waals surface area (Å²) in [6, 6.07) is 2.72. The minimum Gasteiger partial charge on any atom is -0.373 e. The second-order valence-corrected chi connectivity index (χ2v) is 4.17. The van der Waals surface area contributed by atoms with Crippen molar-refractivity contribution in [2.75, 3.05) is 12.4 Å². The first kappa shape index (κ1) is 13.2. The van der Waals surface area contributed by atoms with E-state index in [1.54, 1.807) is 20.0 Å². The molecule has 0 aliphatic heterocycles. The smallest absolute Gasteiger partial charge is 0.252 e. The molecule has 2 aromatic heterocycles. The first-order valence-electron chi connectivity index (χ1n) is 5.49. The van der Waals surface area contributed by atoms with Crippen molar-refractivity contribution in [1.82, 2.24) is 30.9 Å². The standard InChI is InChI=1S/C10H12ClN7O/c1-5(9-15-17-18-16-9)13-10(19)6-3-7(11)14-8(4-6)12-2/h3-5H,1-2H3,(H,12,14)(H,13,19)(H,15,16,17,18). The summed E-state index contributed by atoms with van der Waals surface area (Å²) in [6.45, 7) is 1.75. The van der Waals surface area contributed by atoms with Crippen molar-refractivity contribution in [3.8, 4) is 0 Å². The molecule has 100 valence electrons. The monoisotopic (exact) mass is 281 g/mol. The fourth-order valence-corrected chi connectivity index (χ4v) is 1.66. The molecule has 0 aliphatic carbocycles. The number of pyridine rings is 1. The third-order valence-corrected chi connectivity index (χ3v) is 2.60. The van der Waals surface area contributed by atoms with Crippen molar-refractivity contribution in [3.05, 3.63) is 28.7 Å². The zero-order chi connectivity index (χ0) is 13.8. The lowest BCUT2D eigenvalue weighted by atomic mass is 10.2. The van der Waals surface area contributed by atoms with Gasteiger partial charge in [-0.1, -0.05) is 16.8 Å². The zero-order valence-corrected chi connectivity index (χ0v) is 11.1. The topological polar surface area (TPSA) is 108 Å². The molecule has 1 unspecified atom stereocenters. The van der Waals surface area contributed by atoms with E-state index in [0.717, 1.165) is 0 Å². The maximum Gasteiger partial charge on any atom is 0.252 e. The highest BCUT2D eigenvalue weighted by Gasteiger charge is 2.15. The molecule has 0 aromatic carbocycles. The van der Waals surface area contributed by atoms with Gasteiger partial charge in [-0.15, -0.1) is 10.2 Å². The predicted molar refractivity (Wildman–Crippen MR) is 68.9 cm³/mol. The van der Waals surface area contributed by atoms with Gasteiger partial charge in [-0.2, -0.15) is 5.21 Å². The lowest BCUT2D eigenvalue weighted by Gasteiger charge is -2.10. The number of carbonyl (C=O) groups is 1. The largest absolute Gasteiger partial charge is 0.373 e.